The molecule has 3 aromatic rings. The van der Waals surface area contributed by atoms with Crippen LogP contribution in [0.2, 0.25) is 0 Å². The van der Waals surface area contributed by atoms with Gasteiger partial charge in [0.1, 0.15) is 11.6 Å². The molecule has 0 radical (unpaired) electrons. The average molecular weight is 481 g/mol. The van der Waals surface area contributed by atoms with E-state index in [1.165, 1.54) is 11.4 Å². The molecule has 1 atom stereocenters. The average Bonchev–Trinajstić information content (AvgIpc) is 3.12. The highest BCUT2D eigenvalue weighted by Gasteiger charge is 2.32. The van der Waals surface area contributed by atoms with E-state index in [0.29, 0.717) is 27.1 Å². The number of thiophene rings is 1. The van der Waals surface area contributed by atoms with Crippen molar-refractivity contribution in [1.82, 2.24) is 0 Å². The lowest BCUT2D eigenvalue weighted by Gasteiger charge is -2.28. The van der Waals surface area contributed by atoms with Crippen molar-refractivity contribution in [3.63, 3.8) is 0 Å². The summed E-state index contributed by atoms with van der Waals surface area (Å²) in [6.45, 7) is 9.20. The van der Waals surface area contributed by atoms with Gasteiger partial charge in [-0.1, -0.05) is 58.0 Å². The molecule has 2 aromatic carbocycles. The number of hydrogen-bond acceptors (Lipinski definition) is 3. The Bertz CT molecular complexity index is 1100. The van der Waals surface area contributed by atoms with Crippen LogP contribution >= 0.6 is 11.3 Å². The predicted molar refractivity (Wildman–Crippen MR) is 124 cm³/mol. The van der Waals surface area contributed by atoms with Gasteiger partial charge in [0.25, 0.3) is 0 Å². The number of aliphatic hydroxyl groups excluding tert-OH is 1. The van der Waals surface area contributed by atoms with Gasteiger partial charge in [0.05, 0.1) is 6.10 Å². The number of rotatable bonds is 7. The highest BCUT2D eigenvalue weighted by Crippen LogP contribution is 2.44. The summed E-state index contributed by atoms with van der Waals surface area (Å²) in [6, 6.07) is 10.8. The van der Waals surface area contributed by atoms with Crippen molar-refractivity contribution < 1.29 is 27.4 Å². The van der Waals surface area contributed by atoms with Crippen molar-refractivity contribution in [2.75, 3.05) is 0 Å². The summed E-state index contributed by atoms with van der Waals surface area (Å²) in [5.74, 6) is -0.982. The molecule has 1 aromatic heterocycles. The summed E-state index contributed by atoms with van der Waals surface area (Å²) < 4.78 is 58.0. The van der Waals surface area contributed by atoms with Crippen LogP contribution in [-0.2, 0) is 6.42 Å². The molecular formula is C26H28F4O2S. The third-order valence-electron chi connectivity index (χ3n) is 5.51. The minimum absolute atomic E-state index is 0.169. The second-order valence-electron chi connectivity index (χ2n) is 8.73. The summed E-state index contributed by atoms with van der Waals surface area (Å²) >= 11 is 1.13. The third kappa shape index (κ3) is 5.58. The van der Waals surface area contributed by atoms with Crippen molar-refractivity contribution in [2.24, 2.45) is 0 Å². The van der Waals surface area contributed by atoms with Crippen LogP contribution in [0.3, 0.4) is 0 Å². The highest BCUT2D eigenvalue weighted by atomic mass is 32.1. The first kappa shape index (κ1) is 25.2. The van der Waals surface area contributed by atoms with Crippen molar-refractivity contribution in [2.45, 2.75) is 65.3 Å². The summed E-state index contributed by atoms with van der Waals surface area (Å²) in [5.41, 5.74) is 3.77. The molecule has 1 N–H and O–H groups in total. The maximum Gasteiger partial charge on any atom is 0.573 e. The number of aliphatic hydroxyl groups is 1. The summed E-state index contributed by atoms with van der Waals surface area (Å²) in [7, 11) is 0. The number of hydrogen-bond donors (Lipinski definition) is 1. The zero-order chi connectivity index (χ0) is 24.5. The first-order chi connectivity index (χ1) is 15.4. The number of benzene rings is 2. The molecule has 7 heteroatoms. The highest BCUT2D eigenvalue weighted by molar-refractivity contribution is 7.10. The molecule has 2 nitrogen and oxygen atoms in total. The maximum atomic E-state index is 16.0. The Hall–Kier alpha value is -2.38. The van der Waals surface area contributed by atoms with Gasteiger partial charge in [-0.3, -0.25) is 0 Å². The lowest BCUT2D eigenvalue weighted by molar-refractivity contribution is -0.274. The van der Waals surface area contributed by atoms with Gasteiger partial charge in [-0.05, 0) is 58.2 Å². The van der Waals surface area contributed by atoms with E-state index in [9.17, 15) is 18.3 Å². The molecule has 0 spiro atoms. The number of ether oxygens (including phenoxy) is 1. The van der Waals surface area contributed by atoms with E-state index in [-0.39, 0.29) is 29.8 Å². The van der Waals surface area contributed by atoms with Crippen LogP contribution < -0.4 is 4.74 Å². The minimum Gasteiger partial charge on any atom is -0.405 e. The molecule has 0 aliphatic rings. The molecule has 1 heterocycles. The molecular weight excluding hydrogens is 452 g/mol. The van der Waals surface area contributed by atoms with E-state index >= 15 is 4.39 Å². The topological polar surface area (TPSA) is 29.5 Å². The van der Waals surface area contributed by atoms with E-state index in [1.54, 1.807) is 6.92 Å². The van der Waals surface area contributed by atoms with Crippen LogP contribution in [-0.4, -0.2) is 11.5 Å². The van der Waals surface area contributed by atoms with Gasteiger partial charge in [0, 0.05) is 16.7 Å². The summed E-state index contributed by atoms with van der Waals surface area (Å²) in [5, 5.41) is 12.1. The molecule has 0 bridgehead atoms. The van der Waals surface area contributed by atoms with Gasteiger partial charge >= 0.3 is 6.36 Å². The molecule has 0 saturated heterocycles. The Kier molecular flexibility index (Phi) is 7.54. The largest absolute Gasteiger partial charge is 0.573 e. The second kappa shape index (κ2) is 9.85. The fourth-order valence-electron chi connectivity index (χ4n) is 4.36. The standard InChI is InChI=1S/C26H28F4O2S/c1-14(2)21-20(12-19-11-18(13-33-19)32-26(28,29)30)24(17-9-7-6-8-10-17)23(16(5)31)22(15(3)4)25(21)27/h6-11,13-16,31H,12H2,1-5H3. The van der Waals surface area contributed by atoms with Gasteiger partial charge in [-0.25, -0.2) is 4.39 Å². The van der Waals surface area contributed by atoms with E-state index in [1.807, 2.05) is 58.0 Å². The Morgan fingerprint density at radius 1 is 0.939 bits per heavy atom. The Labute approximate surface area is 195 Å². The molecule has 178 valence electrons. The predicted octanol–water partition coefficient (Wildman–Crippen LogP) is 8.34. The van der Waals surface area contributed by atoms with Crippen molar-refractivity contribution >= 4 is 11.3 Å². The Balaban J connectivity index is 2.31. The monoisotopic (exact) mass is 480 g/mol. The van der Waals surface area contributed by atoms with Crippen LogP contribution in [0.15, 0.2) is 41.8 Å². The van der Waals surface area contributed by atoms with Crippen LogP contribution in [0, 0.1) is 5.82 Å². The Morgan fingerprint density at radius 2 is 1.55 bits per heavy atom. The van der Waals surface area contributed by atoms with Crippen LogP contribution in [0.4, 0.5) is 17.6 Å². The quantitative estimate of drug-likeness (QED) is 0.344. The van der Waals surface area contributed by atoms with Gasteiger partial charge in [0.15, 0.2) is 0 Å². The van der Waals surface area contributed by atoms with Crippen LogP contribution in [0.1, 0.15) is 79.7 Å². The normalized spacial score (nSPS) is 13.1. The molecule has 0 aliphatic heterocycles. The smallest absolute Gasteiger partial charge is 0.405 e. The second-order valence-corrected chi connectivity index (χ2v) is 9.73. The molecule has 0 amide bonds. The van der Waals surface area contributed by atoms with Crippen molar-refractivity contribution in [3.05, 3.63) is 74.7 Å². The van der Waals surface area contributed by atoms with E-state index < -0.39 is 12.5 Å². The van der Waals surface area contributed by atoms with Crippen LogP contribution in [0.25, 0.3) is 11.1 Å². The molecule has 0 saturated carbocycles. The third-order valence-corrected chi connectivity index (χ3v) is 6.42. The molecule has 3 rings (SSSR count). The van der Waals surface area contributed by atoms with Crippen molar-refractivity contribution in [1.29, 1.82) is 0 Å². The maximum absolute atomic E-state index is 16.0. The SMILES string of the molecule is CC(C)c1c(F)c(C(C)C)c(C(C)O)c(-c2ccccc2)c1Cc1cc(OC(F)(F)F)cs1. The minimum atomic E-state index is -4.78. The summed E-state index contributed by atoms with van der Waals surface area (Å²) in [4.78, 5) is 0.613. The first-order valence-electron chi connectivity index (χ1n) is 10.8. The fourth-order valence-corrected chi connectivity index (χ4v) is 5.16. The summed E-state index contributed by atoms with van der Waals surface area (Å²) in [6.07, 6.45) is -5.49. The van der Waals surface area contributed by atoms with E-state index in [2.05, 4.69) is 4.74 Å². The van der Waals surface area contributed by atoms with Gasteiger partial charge in [-0.2, -0.15) is 0 Å². The molecule has 0 fully saturated rings. The lowest BCUT2D eigenvalue weighted by atomic mass is 9.78. The molecule has 33 heavy (non-hydrogen) atoms. The molecule has 1 unspecified atom stereocenters. The zero-order valence-corrected chi connectivity index (χ0v) is 20.1. The number of alkyl halides is 3. The van der Waals surface area contributed by atoms with E-state index in [4.69, 9.17) is 0 Å². The first-order valence-corrected chi connectivity index (χ1v) is 11.7. The molecule has 0 aliphatic carbocycles. The zero-order valence-electron chi connectivity index (χ0n) is 19.3. The van der Waals surface area contributed by atoms with Gasteiger partial charge < -0.3 is 9.84 Å². The number of halogens is 4. The lowest BCUT2D eigenvalue weighted by Crippen LogP contribution is -2.16. The fraction of sp³-hybridized carbons (Fsp3) is 0.385. The Morgan fingerprint density at radius 3 is 2.06 bits per heavy atom. The van der Waals surface area contributed by atoms with Gasteiger partial charge in [0.2, 0.25) is 0 Å². The van der Waals surface area contributed by atoms with E-state index in [0.717, 1.165) is 22.5 Å². The van der Waals surface area contributed by atoms with Crippen LogP contribution in [0.5, 0.6) is 5.75 Å². The van der Waals surface area contributed by atoms with Crippen molar-refractivity contribution in [3.8, 4) is 16.9 Å². The van der Waals surface area contributed by atoms with Gasteiger partial charge in [-0.15, -0.1) is 24.5 Å².